The third-order valence-corrected chi connectivity index (χ3v) is 8.95. The number of hydrogen-bond acceptors (Lipinski definition) is 3. The zero-order chi connectivity index (χ0) is 22.8. The van der Waals surface area contributed by atoms with E-state index in [2.05, 4.69) is 28.8 Å². The largest absolute Gasteiger partial charge is 0.480 e. The van der Waals surface area contributed by atoms with Crippen molar-refractivity contribution >= 4 is 40.5 Å². The SMILES string of the molecule is O=C(O)C1(C(=O)Nc2ccc(Nc3ccc(C45CC6CC(CC(C6)C4)C5)cc3Cl)cc2)CC1. The number of anilines is 3. The molecule has 0 aliphatic heterocycles. The molecule has 5 nitrogen and oxygen atoms in total. The lowest BCUT2D eigenvalue weighted by atomic mass is 9.48. The first-order chi connectivity index (χ1) is 15.8. The number of carbonyl (C=O) groups excluding carboxylic acids is 1. The van der Waals surface area contributed by atoms with Gasteiger partial charge in [-0.15, -0.1) is 0 Å². The molecular weight excluding hydrogens is 436 g/mol. The Balaban J connectivity index is 1.15. The number of carbonyl (C=O) groups is 2. The van der Waals surface area contributed by atoms with Crippen LogP contribution >= 0.6 is 11.6 Å². The number of aliphatic carboxylic acids is 1. The predicted octanol–water partition coefficient (Wildman–Crippen LogP) is 6.35. The van der Waals surface area contributed by atoms with Crippen LogP contribution in [0, 0.1) is 23.2 Å². The fraction of sp³-hybridized carbons (Fsp3) is 0.481. The van der Waals surface area contributed by atoms with Crippen LogP contribution in [-0.4, -0.2) is 17.0 Å². The number of amides is 1. The molecule has 0 unspecified atom stereocenters. The third-order valence-electron chi connectivity index (χ3n) is 8.64. The first-order valence-electron chi connectivity index (χ1n) is 12.1. The van der Waals surface area contributed by atoms with E-state index >= 15 is 0 Å². The summed E-state index contributed by atoms with van der Waals surface area (Å²) in [6, 6.07) is 13.8. The first kappa shape index (κ1) is 21.0. The Bertz CT molecular complexity index is 1090. The fourth-order valence-corrected chi connectivity index (χ4v) is 7.34. The zero-order valence-electron chi connectivity index (χ0n) is 18.6. The van der Waals surface area contributed by atoms with Crippen molar-refractivity contribution in [2.24, 2.45) is 23.2 Å². The Morgan fingerprint density at radius 2 is 1.45 bits per heavy atom. The van der Waals surface area contributed by atoms with Crippen LogP contribution in [0.5, 0.6) is 0 Å². The van der Waals surface area contributed by atoms with Gasteiger partial charge in [-0.25, -0.2) is 0 Å². The van der Waals surface area contributed by atoms with E-state index in [9.17, 15) is 14.7 Å². The number of halogens is 1. The van der Waals surface area contributed by atoms with Crippen LogP contribution in [0.1, 0.15) is 56.9 Å². The molecular formula is C27H29ClN2O3. The van der Waals surface area contributed by atoms with Crippen molar-refractivity contribution in [1.82, 2.24) is 0 Å². The molecule has 33 heavy (non-hydrogen) atoms. The monoisotopic (exact) mass is 464 g/mol. The molecule has 1 amide bonds. The molecule has 0 spiro atoms. The smallest absolute Gasteiger partial charge is 0.319 e. The van der Waals surface area contributed by atoms with E-state index in [1.807, 2.05) is 12.1 Å². The van der Waals surface area contributed by atoms with E-state index in [-0.39, 0.29) is 0 Å². The van der Waals surface area contributed by atoms with Gasteiger partial charge in [0.15, 0.2) is 0 Å². The summed E-state index contributed by atoms with van der Waals surface area (Å²) in [5.41, 5.74) is 2.79. The maximum absolute atomic E-state index is 12.3. The predicted molar refractivity (Wildman–Crippen MR) is 129 cm³/mol. The maximum atomic E-state index is 12.3. The highest BCUT2D eigenvalue weighted by molar-refractivity contribution is 6.33. The second-order valence-electron chi connectivity index (χ2n) is 10.9. The molecule has 7 rings (SSSR count). The van der Waals surface area contributed by atoms with E-state index < -0.39 is 17.3 Å². The van der Waals surface area contributed by atoms with Crippen LogP contribution in [0.2, 0.25) is 5.02 Å². The van der Waals surface area contributed by atoms with Crippen molar-refractivity contribution in [1.29, 1.82) is 0 Å². The lowest BCUT2D eigenvalue weighted by Crippen LogP contribution is -2.48. The number of benzene rings is 2. The lowest BCUT2D eigenvalue weighted by molar-refractivity contribution is -0.147. The minimum absolute atomic E-state index is 0.325. The highest BCUT2D eigenvalue weighted by Gasteiger charge is 2.57. The van der Waals surface area contributed by atoms with Crippen LogP contribution in [0.3, 0.4) is 0 Å². The Labute approximate surface area is 198 Å². The second-order valence-corrected chi connectivity index (χ2v) is 11.3. The van der Waals surface area contributed by atoms with Gasteiger partial charge in [0.25, 0.3) is 0 Å². The van der Waals surface area contributed by atoms with Gasteiger partial charge in [-0.1, -0.05) is 17.7 Å². The highest BCUT2D eigenvalue weighted by Crippen LogP contribution is 2.61. The summed E-state index contributed by atoms with van der Waals surface area (Å²) in [6.07, 6.45) is 9.04. The molecule has 5 aliphatic rings. The van der Waals surface area contributed by atoms with Gasteiger partial charge in [-0.05, 0) is 116 Å². The number of hydrogen-bond donors (Lipinski definition) is 3. The van der Waals surface area contributed by atoms with Crippen molar-refractivity contribution in [3.05, 3.63) is 53.1 Å². The Hall–Kier alpha value is -2.53. The first-order valence-corrected chi connectivity index (χ1v) is 12.5. The molecule has 2 aromatic rings. The lowest BCUT2D eigenvalue weighted by Gasteiger charge is -2.57. The normalized spacial score (nSPS) is 30.6. The van der Waals surface area contributed by atoms with Gasteiger partial charge in [0.05, 0.1) is 10.7 Å². The van der Waals surface area contributed by atoms with Crippen molar-refractivity contribution in [2.45, 2.75) is 56.8 Å². The standard InChI is InChI=1S/C27H29ClN2O3/c28-22-12-19(26-13-16-9-17(14-26)11-18(10-16)15-26)1-6-23(22)29-20-2-4-21(5-3-20)30-24(31)27(7-8-27)25(32)33/h1-6,12,16-18,29H,7-11,13-15H2,(H,30,31)(H,32,33). The molecule has 6 heteroatoms. The molecule has 2 aromatic carbocycles. The molecule has 4 bridgehead atoms. The summed E-state index contributed by atoms with van der Waals surface area (Å²) < 4.78 is 0. The Morgan fingerprint density at radius 3 is 1.97 bits per heavy atom. The van der Waals surface area contributed by atoms with E-state index in [1.54, 1.807) is 12.1 Å². The van der Waals surface area contributed by atoms with Crippen molar-refractivity contribution in [3.8, 4) is 0 Å². The summed E-state index contributed by atoms with van der Waals surface area (Å²) >= 11 is 6.73. The molecule has 5 fully saturated rings. The Kier molecular flexibility index (Phi) is 4.77. The van der Waals surface area contributed by atoms with Gasteiger partial charge in [-0.2, -0.15) is 0 Å². The van der Waals surface area contributed by atoms with Gasteiger partial charge in [0.2, 0.25) is 5.91 Å². The number of nitrogens with one attached hydrogen (secondary N) is 2. The van der Waals surface area contributed by atoms with Crippen molar-refractivity contribution in [2.75, 3.05) is 10.6 Å². The fourth-order valence-electron chi connectivity index (χ4n) is 7.12. The van der Waals surface area contributed by atoms with Crippen molar-refractivity contribution in [3.63, 3.8) is 0 Å². The molecule has 0 radical (unpaired) electrons. The van der Waals surface area contributed by atoms with Gasteiger partial charge >= 0.3 is 5.97 Å². The van der Waals surface area contributed by atoms with Crippen LogP contribution in [0.15, 0.2) is 42.5 Å². The van der Waals surface area contributed by atoms with Gasteiger partial charge in [0, 0.05) is 11.4 Å². The quantitative estimate of drug-likeness (QED) is 0.435. The minimum Gasteiger partial charge on any atom is -0.480 e. The maximum Gasteiger partial charge on any atom is 0.319 e. The summed E-state index contributed by atoms with van der Waals surface area (Å²) in [5, 5.41) is 16.1. The molecule has 0 heterocycles. The highest BCUT2D eigenvalue weighted by atomic mass is 35.5. The van der Waals surface area contributed by atoms with E-state index in [1.165, 1.54) is 44.1 Å². The molecule has 172 valence electrons. The second kappa shape index (κ2) is 7.49. The summed E-state index contributed by atoms with van der Waals surface area (Å²) in [4.78, 5) is 23.6. The Morgan fingerprint density at radius 1 is 0.879 bits per heavy atom. The molecule has 5 saturated carbocycles. The number of carboxylic acid groups (broad SMARTS) is 1. The number of rotatable bonds is 6. The topological polar surface area (TPSA) is 78.4 Å². The van der Waals surface area contributed by atoms with Gasteiger partial charge in [-0.3, -0.25) is 9.59 Å². The summed E-state index contributed by atoms with van der Waals surface area (Å²) in [7, 11) is 0. The minimum atomic E-state index is -1.25. The zero-order valence-corrected chi connectivity index (χ0v) is 19.3. The van der Waals surface area contributed by atoms with Gasteiger partial charge in [0.1, 0.15) is 5.41 Å². The number of carboxylic acids is 1. The summed E-state index contributed by atoms with van der Waals surface area (Å²) in [6.45, 7) is 0. The van der Waals surface area contributed by atoms with Crippen LogP contribution in [0.25, 0.3) is 0 Å². The van der Waals surface area contributed by atoms with Crippen LogP contribution in [-0.2, 0) is 15.0 Å². The molecule has 3 N–H and O–H groups in total. The molecule has 0 aromatic heterocycles. The molecule has 0 saturated heterocycles. The molecule has 0 atom stereocenters. The third kappa shape index (κ3) is 3.61. The average molecular weight is 465 g/mol. The van der Waals surface area contributed by atoms with E-state index in [4.69, 9.17) is 11.6 Å². The van der Waals surface area contributed by atoms with E-state index in [0.717, 1.165) is 34.2 Å². The van der Waals surface area contributed by atoms with Gasteiger partial charge < -0.3 is 15.7 Å². The van der Waals surface area contributed by atoms with E-state index in [0.29, 0.717) is 23.9 Å². The molecule has 5 aliphatic carbocycles. The van der Waals surface area contributed by atoms with Crippen LogP contribution < -0.4 is 10.6 Å². The van der Waals surface area contributed by atoms with Crippen molar-refractivity contribution < 1.29 is 14.7 Å². The summed E-state index contributed by atoms with van der Waals surface area (Å²) in [5.74, 6) is 1.20. The average Bonchev–Trinajstić information content (AvgIpc) is 3.58. The van der Waals surface area contributed by atoms with Crippen LogP contribution in [0.4, 0.5) is 17.1 Å².